The third-order valence-electron chi connectivity index (χ3n) is 2.44. The molecule has 1 aromatic heterocycles. The number of nitrogens with two attached hydrogens (primary N) is 1. The largest absolute Gasteiger partial charge is 0.443 e. The zero-order valence-corrected chi connectivity index (χ0v) is 10.9. The first-order valence-corrected chi connectivity index (χ1v) is 5.86. The highest BCUT2D eigenvalue weighted by molar-refractivity contribution is 5.71. The molecular formula is C12H18N4O2. The molecule has 0 bridgehead atoms. The highest BCUT2D eigenvalue weighted by Gasteiger charge is 2.22. The Morgan fingerprint density at radius 3 is 2.83 bits per heavy atom. The Balaban J connectivity index is 2.09. The van der Waals surface area contributed by atoms with Crippen molar-refractivity contribution in [2.45, 2.75) is 32.9 Å². The minimum absolute atomic E-state index is 0.350. The Labute approximate surface area is 106 Å². The predicted molar refractivity (Wildman–Crippen MR) is 68.6 cm³/mol. The van der Waals surface area contributed by atoms with Gasteiger partial charge in [-0.05, 0) is 26.8 Å². The monoisotopic (exact) mass is 250 g/mol. The highest BCUT2D eigenvalue weighted by Crippen LogP contribution is 2.15. The van der Waals surface area contributed by atoms with Gasteiger partial charge in [-0.2, -0.15) is 5.10 Å². The van der Waals surface area contributed by atoms with Crippen LogP contribution < -0.4 is 5.73 Å². The summed E-state index contributed by atoms with van der Waals surface area (Å²) < 4.78 is 7.09. The quantitative estimate of drug-likeness (QED) is 0.760. The standard InChI is InChI=1S/C12H18N4O2/c1-12(2,3)18-11(17)15-5-4-9-8-10(13)14-16(9)7-6-15/h4-5,8H,6-7H2,1-3H3,(H2,13,14). The van der Waals surface area contributed by atoms with Crippen LogP contribution in [-0.2, 0) is 11.3 Å². The zero-order valence-electron chi connectivity index (χ0n) is 10.9. The minimum atomic E-state index is -0.491. The van der Waals surface area contributed by atoms with E-state index < -0.39 is 5.60 Å². The number of carbonyl (C=O) groups excluding carboxylic acids is 1. The molecule has 1 aromatic rings. The van der Waals surface area contributed by atoms with Crippen LogP contribution in [0.5, 0.6) is 0 Å². The highest BCUT2D eigenvalue weighted by atomic mass is 16.6. The van der Waals surface area contributed by atoms with E-state index in [0.29, 0.717) is 18.9 Å². The molecule has 0 saturated carbocycles. The molecule has 0 unspecified atom stereocenters. The molecule has 0 fully saturated rings. The number of carbonyl (C=O) groups is 1. The topological polar surface area (TPSA) is 73.4 Å². The van der Waals surface area contributed by atoms with Gasteiger partial charge in [-0.25, -0.2) is 4.79 Å². The van der Waals surface area contributed by atoms with Crippen molar-refractivity contribution in [1.29, 1.82) is 0 Å². The summed E-state index contributed by atoms with van der Waals surface area (Å²) in [6.45, 7) is 6.65. The summed E-state index contributed by atoms with van der Waals surface area (Å²) in [6.07, 6.45) is 3.16. The van der Waals surface area contributed by atoms with Crippen LogP contribution in [-0.4, -0.2) is 32.9 Å². The first-order chi connectivity index (χ1) is 8.35. The van der Waals surface area contributed by atoms with Gasteiger partial charge >= 0.3 is 6.09 Å². The van der Waals surface area contributed by atoms with Crippen molar-refractivity contribution in [2.75, 3.05) is 12.3 Å². The normalized spacial score (nSPS) is 15.2. The summed E-state index contributed by atoms with van der Waals surface area (Å²) in [7, 11) is 0. The van der Waals surface area contributed by atoms with Crippen molar-refractivity contribution in [3.8, 4) is 0 Å². The van der Waals surface area contributed by atoms with Gasteiger partial charge in [0.2, 0.25) is 0 Å². The van der Waals surface area contributed by atoms with Crippen LogP contribution >= 0.6 is 0 Å². The SMILES string of the molecule is CC(C)(C)OC(=O)N1C=Cc2cc(N)nn2CC1. The number of fused-ring (bicyclic) bond motifs is 1. The molecule has 2 rings (SSSR count). The Bertz CT molecular complexity index is 485. The molecule has 0 spiro atoms. The van der Waals surface area contributed by atoms with Crippen molar-refractivity contribution >= 4 is 18.0 Å². The maximum absolute atomic E-state index is 11.9. The smallest absolute Gasteiger partial charge is 0.414 e. The lowest BCUT2D eigenvalue weighted by atomic mass is 10.2. The summed E-state index contributed by atoms with van der Waals surface area (Å²) in [6, 6.07) is 1.77. The van der Waals surface area contributed by atoms with Gasteiger partial charge in [-0.1, -0.05) is 0 Å². The van der Waals surface area contributed by atoms with Gasteiger partial charge in [0.1, 0.15) is 11.4 Å². The zero-order chi connectivity index (χ0) is 13.3. The fourth-order valence-electron chi connectivity index (χ4n) is 1.68. The summed E-state index contributed by atoms with van der Waals surface area (Å²) >= 11 is 0. The van der Waals surface area contributed by atoms with Gasteiger partial charge in [0, 0.05) is 18.8 Å². The summed E-state index contributed by atoms with van der Waals surface area (Å²) in [5.41, 5.74) is 6.01. The van der Waals surface area contributed by atoms with Crippen LogP contribution in [0, 0.1) is 0 Å². The first-order valence-electron chi connectivity index (χ1n) is 5.86. The van der Waals surface area contributed by atoms with Crippen molar-refractivity contribution in [2.24, 2.45) is 0 Å². The van der Waals surface area contributed by atoms with Crippen LogP contribution in [0.4, 0.5) is 10.6 Å². The predicted octanol–water partition coefficient (Wildman–Crippen LogP) is 1.69. The van der Waals surface area contributed by atoms with Gasteiger partial charge in [0.25, 0.3) is 0 Å². The number of amides is 1. The van der Waals surface area contributed by atoms with E-state index in [-0.39, 0.29) is 6.09 Å². The summed E-state index contributed by atoms with van der Waals surface area (Å²) in [5.74, 6) is 0.486. The molecule has 0 saturated heterocycles. The second-order valence-corrected chi connectivity index (χ2v) is 5.21. The van der Waals surface area contributed by atoms with Gasteiger partial charge in [0.05, 0.1) is 12.2 Å². The molecule has 1 aliphatic heterocycles. The van der Waals surface area contributed by atoms with Gasteiger partial charge < -0.3 is 10.5 Å². The average Bonchev–Trinajstić information content (AvgIpc) is 2.45. The molecule has 1 aliphatic rings. The first kappa shape index (κ1) is 12.5. The van der Waals surface area contributed by atoms with E-state index in [9.17, 15) is 4.79 Å². The third-order valence-corrected chi connectivity index (χ3v) is 2.44. The molecule has 2 N–H and O–H groups in total. The molecule has 1 amide bonds. The Hall–Kier alpha value is -1.98. The number of hydrogen-bond acceptors (Lipinski definition) is 4. The number of aromatic nitrogens is 2. The Morgan fingerprint density at radius 1 is 1.44 bits per heavy atom. The molecule has 0 aromatic carbocycles. The summed E-state index contributed by atoms with van der Waals surface area (Å²) in [4.78, 5) is 13.4. The van der Waals surface area contributed by atoms with E-state index in [1.165, 1.54) is 4.90 Å². The van der Waals surface area contributed by atoms with E-state index in [2.05, 4.69) is 5.10 Å². The van der Waals surface area contributed by atoms with Crippen LogP contribution in [0.3, 0.4) is 0 Å². The average molecular weight is 250 g/mol. The fourth-order valence-corrected chi connectivity index (χ4v) is 1.68. The lowest BCUT2D eigenvalue weighted by Gasteiger charge is -2.24. The van der Waals surface area contributed by atoms with E-state index >= 15 is 0 Å². The molecule has 0 aliphatic carbocycles. The van der Waals surface area contributed by atoms with Gasteiger partial charge in [-0.3, -0.25) is 9.58 Å². The van der Waals surface area contributed by atoms with Gasteiger partial charge in [-0.15, -0.1) is 0 Å². The maximum Gasteiger partial charge on any atom is 0.414 e. The van der Waals surface area contributed by atoms with Crippen LogP contribution in [0.2, 0.25) is 0 Å². The number of hydrogen-bond donors (Lipinski definition) is 1. The van der Waals surface area contributed by atoms with Gasteiger partial charge in [0.15, 0.2) is 0 Å². The van der Waals surface area contributed by atoms with Crippen LogP contribution in [0.25, 0.3) is 6.08 Å². The third kappa shape index (κ3) is 2.82. The molecule has 2 heterocycles. The van der Waals surface area contributed by atoms with Crippen molar-refractivity contribution in [1.82, 2.24) is 14.7 Å². The van der Waals surface area contributed by atoms with Crippen LogP contribution in [0.1, 0.15) is 26.5 Å². The van der Waals surface area contributed by atoms with Crippen LogP contribution in [0.15, 0.2) is 12.3 Å². The molecule has 6 heteroatoms. The second-order valence-electron chi connectivity index (χ2n) is 5.21. The minimum Gasteiger partial charge on any atom is -0.443 e. The number of nitrogens with zero attached hydrogens (tertiary/aromatic N) is 3. The number of ether oxygens (including phenoxy) is 1. The Kier molecular flexibility index (Phi) is 3.02. The Morgan fingerprint density at radius 2 is 2.17 bits per heavy atom. The summed E-state index contributed by atoms with van der Waals surface area (Å²) in [5, 5.41) is 4.14. The van der Waals surface area contributed by atoms with Crippen molar-refractivity contribution in [3.05, 3.63) is 18.0 Å². The van der Waals surface area contributed by atoms with E-state index in [4.69, 9.17) is 10.5 Å². The molecule has 18 heavy (non-hydrogen) atoms. The van der Waals surface area contributed by atoms with Crippen molar-refractivity contribution in [3.63, 3.8) is 0 Å². The molecule has 98 valence electrons. The van der Waals surface area contributed by atoms with E-state index in [1.807, 2.05) is 20.8 Å². The number of rotatable bonds is 0. The lowest BCUT2D eigenvalue weighted by molar-refractivity contribution is 0.0332. The number of anilines is 1. The van der Waals surface area contributed by atoms with E-state index in [0.717, 1.165) is 5.69 Å². The number of nitrogen functional groups attached to an aromatic ring is 1. The molecular weight excluding hydrogens is 232 g/mol. The van der Waals surface area contributed by atoms with Crippen molar-refractivity contribution < 1.29 is 9.53 Å². The fraction of sp³-hybridized carbons (Fsp3) is 0.500. The maximum atomic E-state index is 11.9. The molecule has 0 atom stereocenters. The molecule has 6 nitrogen and oxygen atoms in total. The second kappa shape index (κ2) is 4.36. The lowest BCUT2D eigenvalue weighted by Crippen LogP contribution is -2.34. The van der Waals surface area contributed by atoms with E-state index in [1.54, 1.807) is 23.0 Å². The molecule has 0 radical (unpaired) electrons.